The van der Waals surface area contributed by atoms with E-state index in [2.05, 4.69) is 0 Å². The van der Waals surface area contributed by atoms with Crippen molar-refractivity contribution in [2.45, 2.75) is 13.5 Å². The van der Waals surface area contributed by atoms with Crippen LogP contribution >= 0.6 is 0 Å². The van der Waals surface area contributed by atoms with Crippen molar-refractivity contribution < 1.29 is 23.0 Å². The summed E-state index contributed by atoms with van der Waals surface area (Å²) in [5.74, 6) is -0.466. The van der Waals surface area contributed by atoms with Crippen LogP contribution in [0.15, 0.2) is 36.4 Å². The summed E-state index contributed by atoms with van der Waals surface area (Å²) >= 11 is 0. The Balaban J connectivity index is 2.19. The van der Waals surface area contributed by atoms with Gasteiger partial charge >= 0.3 is 0 Å². The smallest absolute Gasteiger partial charge is 0.161 e. The van der Waals surface area contributed by atoms with E-state index in [-0.39, 0.29) is 18.0 Å². The molecule has 0 aromatic heterocycles. The Morgan fingerprint density at radius 3 is 2.52 bits per heavy atom. The predicted molar refractivity (Wildman–Crippen MR) is 73.7 cm³/mol. The summed E-state index contributed by atoms with van der Waals surface area (Å²) in [6.45, 7) is 1.30. The maximum absolute atomic E-state index is 13.5. The summed E-state index contributed by atoms with van der Waals surface area (Å²) in [5, 5.41) is 0. The standard InChI is InChI=1S/C16H14F2O3/c1-10(19)11-3-6-15(16(8-11)20-2)21-9-12-7-13(17)4-5-14(12)18/h3-8H,9H2,1-2H3. The fourth-order valence-corrected chi connectivity index (χ4v) is 1.82. The van der Waals surface area contributed by atoms with E-state index in [0.717, 1.165) is 18.2 Å². The molecule has 2 aromatic carbocycles. The van der Waals surface area contributed by atoms with Crippen LogP contribution in [-0.2, 0) is 6.61 Å². The third-order valence-corrected chi connectivity index (χ3v) is 2.96. The van der Waals surface area contributed by atoms with Gasteiger partial charge in [-0.15, -0.1) is 0 Å². The van der Waals surface area contributed by atoms with E-state index in [1.54, 1.807) is 18.2 Å². The van der Waals surface area contributed by atoms with Gasteiger partial charge in [0, 0.05) is 11.1 Å². The van der Waals surface area contributed by atoms with Gasteiger partial charge in [0.15, 0.2) is 17.3 Å². The van der Waals surface area contributed by atoms with Gasteiger partial charge in [-0.1, -0.05) is 0 Å². The van der Waals surface area contributed by atoms with Crippen molar-refractivity contribution >= 4 is 5.78 Å². The minimum atomic E-state index is -0.546. The lowest BCUT2D eigenvalue weighted by atomic mass is 10.1. The molecule has 2 aromatic rings. The SMILES string of the molecule is COc1cc(C(C)=O)ccc1OCc1cc(F)ccc1F. The van der Waals surface area contributed by atoms with Crippen molar-refractivity contribution in [2.24, 2.45) is 0 Å². The molecule has 0 fully saturated rings. The highest BCUT2D eigenvalue weighted by Crippen LogP contribution is 2.29. The third kappa shape index (κ3) is 3.56. The number of carbonyl (C=O) groups is 1. The van der Waals surface area contributed by atoms with E-state index in [4.69, 9.17) is 9.47 Å². The Kier molecular flexibility index (Phi) is 4.52. The van der Waals surface area contributed by atoms with Gasteiger partial charge in [-0.05, 0) is 43.3 Å². The Bertz CT molecular complexity index is 669. The largest absolute Gasteiger partial charge is 0.493 e. The maximum atomic E-state index is 13.5. The Hall–Kier alpha value is -2.43. The van der Waals surface area contributed by atoms with Gasteiger partial charge in [0.2, 0.25) is 0 Å². The molecule has 0 aliphatic rings. The molecule has 0 atom stereocenters. The van der Waals surface area contributed by atoms with Crippen molar-refractivity contribution in [1.82, 2.24) is 0 Å². The molecular formula is C16H14F2O3. The zero-order chi connectivity index (χ0) is 15.4. The number of methoxy groups -OCH3 is 1. The van der Waals surface area contributed by atoms with Crippen LogP contribution in [-0.4, -0.2) is 12.9 Å². The summed E-state index contributed by atoms with van der Waals surface area (Å²) in [7, 11) is 1.44. The molecule has 3 nitrogen and oxygen atoms in total. The Morgan fingerprint density at radius 1 is 1.10 bits per heavy atom. The molecule has 0 saturated heterocycles. The molecule has 0 saturated carbocycles. The van der Waals surface area contributed by atoms with Gasteiger partial charge in [0.1, 0.15) is 18.2 Å². The first-order chi connectivity index (χ1) is 10.0. The first kappa shape index (κ1) is 15.0. The molecule has 21 heavy (non-hydrogen) atoms. The Morgan fingerprint density at radius 2 is 1.86 bits per heavy atom. The van der Waals surface area contributed by atoms with Crippen molar-refractivity contribution in [3.63, 3.8) is 0 Å². The second-order valence-electron chi connectivity index (χ2n) is 4.45. The lowest BCUT2D eigenvalue weighted by molar-refractivity contribution is 0.101. The molecule has 0 unspecified atom stereocenters. The number of halogens is 2. The Labute approximate surface area is 121 Å². The molecule has 0 N–H and O–H groups in total. The number of benzene rings is 2. The molecule has 0 spiro atoms. The van der Waals surface area contributed by atoms with E-state index >= 15 is 0 Å². The van der Waals surface area contributed by atoms with Crippen LogP contribution in [0, 0.1) is 11.6 Å². The first-order valence-corrected chi connectivity index (χ1v) is 6.27. The molecule has 0 aliphatic heterocycles. The lowest BCUT2D eigenvalue weighted by Gasteiger charge is -2.12. The van der Waals surface area contributed by atoms with Gasteiger partial charge < -0.3 is 9.47 Å². The predicted octanol–water partition coefficient (Wildman–Crippen LogP) is 3.76. The fraction of sp³-hybridized carbons (Fsp3) is 0.188. The number of hydrogen-bond donors (Lipinski definition) is 0. The summed E-state index contributed by atoms with van der Waals surface area (Å²) < 4.78 is 37.2. The van der Waals surface area contributed by atoms with Crippen LogP contribution in [0.2, 0.25) is 0 Å². The van der Waals surface area contributed by atoms with E-state index in [1.165, 1.54) is 14.0 Å². The second kappa shape index (κ2) is 6.35. The minimum Gasteiger partial charge on any atom is -0.493 e. The van der Waals surface area contributed by atoms with Gasteiger partial charge in [0.05, 0.1) is 7.11 Å². The number of rotatable bonds is 5. The van der Waals surface area contributed by atoms with Crippen molar-refractivity contribution in [3.05, 3.63) is 59.2 Å². The molecular weight excluding hydrogens is 278 g/mol. The number of ether oxygens (including phenoxy) is 2. The molecule has 110 valence electrons. The maximum Gasteiger partial charge on any atom is 0.161 e. The van der Waals surface area contributed by atoms with Crippen LogP contribution in [0.25, 0.3) is 0 Å². The van der Waals surface area contributed by atoms with Gasteiger partial charge in [0.25, 0.3) is 0 Å². The van der Waals surface area contributed by atoms with E-state index in [1.807, 2.05) is 0 Å². The average molecular weight is 292 g/mol. The highest BCUT2D eigenvalue weighted by Gasteiger charge is 2.10. The van der Waals surface area contributed by atoms with E-state index in [0.29, 0.717) is 17.1 Å². The number of carbonyl (C=O) groups excluding carboxylic acids is 1. The lowest BCUT2D eigenvalue weighted by Crippen LogP contribution is -2.02. The molecule has 0 bridgehead atoms. The van der Waals surface area contributed by atoms with Crippen LogP contribution in [0.3, 0.4) is 0 Å². The number of Topliss-reactive ketones (excluding diaryl/α,β-unsaturated/α-hetero) is 1. The zero-order valence-corrected chi connectivity index (χ0v) is 11.7. The number of hydrogen-bond acceptors (Lipinski definition) is 3. The van der Waals surface area contributed by atoms with Crippen molar-refractivity contribution in [2.75, 3.05) is 7.11 Å². The van der Waals surface area contributed by atoms with Crippen LogP contribution in [0.5, 0.6) is 11.5 Å². The molecule has 0 heterocycles. The molecule has 0 aliphatic carbocycles. The van der Waals surface area contributed by atoms with Gasteiger partial charge in [-0.3, -0.25) is 4.79 Å². The first-order valence-electron chi connectivity index (χ1n) is 6.27. The van der Waals surface area contributed by atoms with E-state index < -0.39 is 11.6 Å². The normalized spacial score (nSPS) is 10.3. The summed E-state index contributed by atoms with van der Waals surface area (Å²) in [5.41, 5.74) is 0.587. The van der Waals surface area contributed by atoms with Gasteiger partial charge in [-0.25, -0.2) is 8.78 Å². The van der Waals surface area contributed by atoms with E-state index in [9.17, 15) is 13.6 Å². The van der Waals surface area contributed by atoms with Crippen LogP contribution < -0.4 is 9.47 Å². The average Bonchev–Trinajstić information content (AvgIpc) is 2.47. The topological polar surface area (TPSA) is 35.5 Å². The minimum absolute atomic E-state index is 0.101. The molecule has 0 radical (unpaired) electrons. The highest BCUT2D eigenvalue weighted by atomic mass is 19.1. The number of ketones is 1. The quantitative estimate of drug-likeness (QED) is 0.787. The second-order valence-corrected chi connectivity index (χ2v) is 4.45. The molecule has 0 amide bonds. The fourth-order valence-electron chi connectivity index (χ4n) is 1.82. The molecule has 2 rings (SSSR count). The van der Waals surface area contributed by atoms with Crippen molar-refractivity contribution in [1.29, 1.82) is 0 Å². The highest BCUT2D eigenvalue weighted by molar-refractivity contribution is 5.94. The molecule has 5 heteroatoms. The third-order valence-electron chi connectivity index (χ3n) is 2.96. The van der Waals surface area contributed by atoms with Crippen LogP contribution in [0.4, 0.5) is 8.78 Å². The monoisotopic (exact) mass is 292 g/mol. The van der Waals surface area contributed by atoms with Crippen molar-refractivity contribution in [3.8, 4) is 11.5 Å². The summed E-state index contributed by atoms with van der Waals surface area (Å²) in [6.07, 6.45) is 0. The van der Waals surface area contributed by atoms with Crippen LogP contribution in [0.1, 0.15) is 22.8 Å². The summed E-state index contributed by atoms with van der Waals surface area (Å²) in [6, 6.07) is 7.85. The van der Waals surface area contributed by atoms with Gasteiger partial charge in [-0.2, -0.15) is 0 Å². The summed E-state index contributed by atoms with van der Waals surface area (Å²) in [4.78, 5) is 11.3. The zero-order valence-electron chi connectivity index (χ0n) is 11.7.